The summed E-state index contributed by atoms with van der Waals surface area (Å²) in [5, 5.41) is 10.5. The van der Waals surface area contributed by atoms with E-state index < -0.39 is 6.04 Å². The van der Waals surface area contributed by atoms with Crippen molar-refractivity contribution >= 4 is 17.5 Å². The lowest BCUT2D eigenvalue weighted by atomic mass is 9.94. The van der Waals surface area contributed by atoms with Crippen LogP contribution in [-0.2, 0) is 4.79 Å². The number of fused-ring (bicyclic) bond motifs is 2. The molecule has 8 heteroatoms. The molecule has 8 nitrogen and oxygen atoms in total. The van der Waals surface area contributed by atoms with E-state index in [-0.39, 0.29) is 5.91 Å². The summed E-state index contributed by atoms with van der Waals surface area (Å²) in [5.41, 5.74) is 2.87. The van der Waals surface area contributed by atoms with Gasteiger partial charge < -0.3 is 20.1 Å². The van der Waals surface area contributed by atoms with Crippen molar-refractivity contribution < 1.29 is 14.3 Å². The van der Waals surface area contributed by atoms with E-state index in [1.807, 2.05) is 55.5 Å². The Labute approximate surface area is 167 Å². The standard InChI is InChI=1S/C21H19N5O3/c1-13-18(20(27)25-15-5-3-2-4-6-15)19(26-21(24-13)22-12-23-26)14-7-8-16-17(11-14)29-10-9-28-16/h2-8,11-12,19H,9-10H2,1H3,(H,25,27)(H,22,23,24). The predicted octanol–water partition coefficient (Wildman–Crippen LogP) is 2.98. The maximum atomic E-state index is 13.3. The fourth-order valence-electron chi connectivity index (χ4n) is 3.64. The topological polar surface area (TPSA) is 90.3 Å². The quantitative estimate of drug-likeness (QED) is 0.716. The maximum Gasteiger partial charge on any atom is 0.255 e. The molecule has 0 bridgehead atoms. The minimum absolute atomic E-state index is 0.206. The summed E-state index contributed by atoms with van der Waals surface area (Å²) in [4.78, 5) is 17.5. The number of hydrogen-bond donors (Lipinski definition) is 2. The summed E-state index contributed by atoms with van der Waals surface area (Å²) < 4.78 is 13.1. The first kappa shape index (κ1) is 17.3. The van der Waals surface area contributed by atoms with Crippen LogP contribution in [0.4, 0.5) is 11.6 Å². The number of ether oxygens (including phenoxy) is 2. The summed E-state index contributed by atoms with van der Waals surface area (Å²) in [6, 6.07) is 14.6. The Morgan fingerprint density at radius 3 is 2.76 bits per heavy atom. The number of carbonyl (C=O) groups is 1. The van der Waals surface area contributed by atoms with Crippen molar-refractivity contribution in [2.24, 2.45) is 0 Å². The van der Waals surface area contributed by atoms with Crippen LogP contribution in [0, 0.1) is 0 Å². The molecule has 0 saturated heterocycles. The van der Waals surface area contributed by atoms with Gasteiger partial charge in [-0.05, 0) is 36.8 Å². The fraction of sp³-hybridized carbons (Fsp3) is 0.190. The van der Waals surface area contributed by atoms with Gasteiger partial charge in [0.1, 0.15) is 25.6 Å². The molecular weight excluding hydrogens is 370 g/mol. The summed E-state index contributed by atoms with van der Waals surface area (Å²) in [7, 11) is 0. The number of rotatable bonds is 3. The third-order valence-electron chi connectivity index (χ3n) is 4.95. The number of nitrogens with zero attached hydrogens (tertiary/aromatic N) is 3. The molecule has 2 aromatic carbocycles. The van der Waals surface area contributed by atoms with Crippen LogP contribution in [0.1, 0.15) is 18.5 Å². The zero-order valence-corrected chi connectivity index (χ0v) is 15.8. The van der Waals surface area contributed by atoms with Crippen LogP contribution in [0.2, 0.25) is 0 Å². The second-order valence-corrected chi connectivity index (χ2v) is 6.82. The van der Waals surface area contributed by atoms with Crippen LogP contribution in [-0.4, -0.2) is 33.9 Å². The van der Waals surface area contributed by atoms with Crippen molar-refractivity contribution in [2.45, 2.75) is 13.0 Å². The van der Waals surface area contributed by atoms with Gasteiger partial charge in [0.05, 0.1) is 5.57 Å². The van der Waals surface area contributed by atoms with E-state index in [1.54, 1.807) is 4.68 Å². The van der Waals surface area contributed by atoms with Crippen LogP contribution >= 0.6 is 0 Å². The van der Waals surface area contributed by atoms with Crippen LogP contribution in [0.5, 0.6) is 11.5 Å². The lowest BCUT2D eigenvalue weighted by Gasteiger charge is -2.29. The molecule has 2 N–H and O–H groups in total. The average molecular weight is 389 g/mol. The number of anilines is 2. The monoisotopic (exact) mass is 389 g/mol. The molecule has 0 aliphatic carbocycles. The third-order valence-corrected chi connectivity index (χ3v) is 4.95. The number of para-hydroxylation sites is 1. The first-order chi connectivity index (χ1) is 14.2. The van der Waals surface area contributed by atoms with Crippen molar-refractivity contribution in [2.75, 3.05) is 23.8 Å². The normalized spacial score (nSPS) is 17.3. The van der Waals surface area contributed by atoms with Crippen LogP contribution in [0.3, 0.4) is 0 Å². The number of aromatic nitrogens is 3. The minimum Gasteiger partial charge on any atom is -0.486 e. The van der Waals surface area contributed by atoms with E-state index in [2.05, 4.69) is 20.7 Å². The van der Waals surface area contributed by atoms with Gasteiger partial charge in [-0.2, -0.15) is 10.1 Å². The Morgan fingerprint density at radius 2 is 1.93 bits per heavy atom. The summed E-state index contributed by atoms with van der Waals surface area (Å²) >= 11 is 0. The Hall–Kier alpha value is -3.81. The van der Waals surface area contributed by atoms with Gasteiger partial charge in [-0.3, -0.25) is 4.79 Å². The van der Waals surface area contributed by atoms with Crippen LogP contribution in [0.25, 0.3) is 0 Å². The third kappa shape index (κ3) is 3.08. The van der Waals surface area contributed by atoms with Gasteiger partial charge in [-0.1, -0.05) is 24.3 Å². The van der Waals surface area contributed by atoms with E-state index in [1.165, 1.54) is 6.33 Å². The molecule has 0 spiro atoms. The van der Waals surface area contributed by atoms with E-state index >= 15 is 0 Å². The molecule has 5 rings (SSSR count). The minimum atomic E-state index is -0.451. The summed E-state index contributed by atoms with van der Waals surface area (Å²) in [5.74, 6) is 1.74. The first-order valence-corrected chi connectivity index (χ1v) is 9.34. The molecule has 146 valence electrons. The van der Waals surface area contributed by atoms with Gasteiger partial charge in [0.2, 0.25) is 5.95 Å². The second-order valence-electron chi connectivity index (χ2n) is 6.82. The highest BCUT2D eigenvalue weighted by atomic mass is 16.6. The fourth-order valence-corrected chi connectivity index (χ4v) is 3.64. The average Bonchev–Trinajstić information content (AvgIpc) is 3.21. The number of nitrogens with one attached hydrogen (secondary N) is 2. The number of amides is 1. The molecular formula is C21H19N5O3. The highest BCUT2D eigenvalue weighted by Gasteiger charge is 2.34. The maximum absolute atomic E-state index is 13.3. The Bertz CT molecular complexity index is 1110. The van der Waals surface area contributed by atoms with Crippen LogP contribution in [0.15, 0.2) is 66.1 Å². The van der Waals surface area contributed by atoms with Gasteiger partial charge in [0, 0.05) is 11.4 Å². The van der Waals surface area contributed by atoms with Gasteiger partial charge in [0.15, 0.2) is 11.5 Å². The number of benzene rings is 2. The van der Waals surface area contributed by atoms with Crippen LogP contribution < -0.4 is 20.1 Å². The smallest absolute Gasteiger partial charge is 0.255 e. The van der Waals surface area contributed by atoms with Crippen molar-refractivity contribution in [3.05, 3.63) is 71.7 Å². The molecule has 0 radical (unpaired) electrons. The Morgan fingerprint density at radius 1 is 1.14 bits per heavy atom. The SMILES string of the molecule is CC1=C(C(=O)Nc2ccccc2)C(c2ccc3c(c2)OCCO3)n2ncnc2N1. The lowest BCUT2D eigenvalue weighted by Crippen LogP contribution is -2.31. The van der Waals surface area contributed by atoms with E-state index in [4.69, 9.17) is 9.47 Å². The number of allylic oxidation sites excluding steroid dienone is 1. The largest absolute Gasteiger partial charge is 0.486 e. The molecule has 2 aliphatic heterocycles. The van der Waals surface area contributed by atoms with Crippen molar-refractivity contribution in [1.82, 2.24) is 14.8 Å². The van der Waals surface area contributed by atoms with Gasteiger partial charge in [-0.15, -0.1) is 0 Å². The first-order valence-electron chi connectivity index (χ1n) is 9.34. The van der Waals surface area contributed by atoms with Crippen molar-refractivity contribution in [3.63, 3.8) is 0 Å². The molecule has 0 saturated carbocycles. The van der Waals surface area contributed by atoms with E-state index in [9.17, 15) is 4.79 Å². The highest BCUT2D eigenvalue weighted by Crippen LogP contribution is 2.39. The van der Waals surface area contributed by atoms with E-state index in [0.717, 1.165) is 16.9 Å². The predicted molar refractivity (Wildman–Crippen MR) is 107 cm³/mol. The van der Waals surface area contributed by atoms with E-state index in [0.29, 0.717) is 36.2 Å². The highest BCUT2D eigenvalue weighted by molar-refractivity contribution is 6.06. The summed E-state index contributed by atoms with van der Waals surface area (Å²) in [6.07, 6.45) is 1.47. The molecule has 1 amide bonds. The molecule has 1 atom stereocenters. The van der Waals surface area contributed by atoms with Gasteiger partial charge in [-0.25, -0.2) is 4.68 Å². The summed E-state index contributed by atoms with van der Waals surface area (Å²) in [6.45, 7) is 2.88. The second kappa shape index (κ2) is 6.97. The number of carbonyl (C=O) groups excluding carboxylic acids is 1. The van der Waals surface area contributed by atoms with Gasteiger partial charge >= 0.3 is 0 Å². The molecule has 2 aliphatic rings. The molecule has 0 fully saturated rings. The number of hydrogen-bond acceptors (Lipinski definition) is 6. The van der Waals surface area contributed by atoms with Gasteiger partial charge in [0.25, 0.3) is 5.91 Å². The Kier molecular flexibility index (Phi) is 4.16. The van der Waals surface area contributed by atoms with Crippen molar-refractivity contribution in [3.8, 4) is 11.5 Å². The zero-order valence-electron chi connectivity index (χ0n) is 15.8. The van der Waals surface area contributed by atoms with Crippen molar-refractivity contribution in [1.29, 1.82) is 0 Å². The molecule has 3 heterocycles. The molecule has 1 unspecified atom stereocenters. The Balaban J connectivity index is 1.57. The molecule has 1 aromatic heterocycles. The molecule has 29 heavy (non-hydrogen) atoms. The lowest BCUT2D eigenvalue weighted by molar-refractivity contribution is -0.113. The molecule has 3 aromatic rings. The zero-order chi connectivity index (χ0) is 19.8.